The first-order valence-electron chi connectivity index (χ1n) is 5.90. The molecular formula is C11H17N3O3. The lowest BCUT2D eigenvalue weighted by molar-refractivity contribution is -0.138. The Kier molecular flexibility index (Phi) is 3.73. The van der Waals surface area contributed by atoms with Crippen molar-refractivity contribution in [1.29, 1.82) is 0 Å². The zero-order chi connectivity index (χ0) is 12.3. The van der Waals surface area contributed by atoms with Crippen molar-refractivity contribution >= 4 is 5.97 Å². The normalized spacial score (nSPS) is 21.6. The number of rotatable bonds is 4. The van der Waals surface area contributed by atoms with E-state index in [1.165, 1.54) is 0 Å². The molecule has 2 heterocycles. The zero-order valence-electron chi connectivity index (χ0n) is 9.93. The van der Waals surface area contributed by atoms with Gasteiger partial charge in [0.15, 0.2) is 0 Å². The Labute approximate surface area is 99.6 Å². The van der Waals surface area contributed by atoms with Crippen molar-refractivity contribution in [1.82, 2.24) is 15.2 Å². The number of hydrogen-bond donors (Lipinski definition) is 1. The van der Waals surface area contributed by atoms with E-state index in [0.29, 0.717) is 6.54 Å². The Balaban J connectivity index is 2.01. The molecule has 1 aliphatic rings. The van der Waals surface area contributed by atoms with Crippen molar-refractivity contribution in [2.45, 2.75) is 45.2 Å². The van der Waals surface area contributed by atoms with Crippen LogP contribution in [0.5, 0.6) is 0 Å². The highest BCUT2D eigenvalue weighted by molar-refractivity contribution is 5.67. The number of nitrogens with zero attached hydrogens (tertiary/aromatic N) is 3. The van der Waals surface area contributed by atoms with Gasteiger partial charge in [-0.2, -0.15) is 0 Å². The zero-order valence-corrected chi connectivity index (χ0v) is 9.93. The molecule has 1 atom stereocenters. The van der Waals surface area contributed by atoms with Gasteiger partial charge in [0.25, 0.3) is 0 Å². The maximum atomic E-state index is 10.8. The van der Waals surface area contributed by atoms with E-state index in [0.717, 1.165) is 37.2 Å². The number of likely N-dealkylation sites (tertiary alicyclic amines) is 1. The van der Waals surface area contributed by atoms with E-state index in [1.54, 1.807) is 0 Å². The fourth-order valence-electron chi connectivity index (χ4n) is 2.29. The molecule has 1 aromatic heterocycles. The average Bonchev–Trinajstić information content (AvgIpc) is 2.67. The molecule has 1 saturated heterocycles. The third kappa shape index (κ3) is 3.03. The van der Waals surface area contributed by atoms with Gasteiger partial charge in [0.05, 0.1) is 6.42 Å². The minimum absolute atomic E-state index is 0.109. The summed E-state index contributed by atoms with van der Waals surface area (Å²) in [4.78, 5) is 13.0. The highest BCUT2D eigenvalue weighted by atomic mass is 16.6. The summed E-state index contributed by atoms with van der Waals surface area (Å²) in [6, 6.07) is 0.109. The SMILES string of the molecule is Cc1nonc1CN1CCCCC1CC(=O)O. The second-order valence-corrected chi connectivity index (χ2v) is 4.51. The monoisotopic (exact) mass is 239 g/mol. The molecule has 94 valence electrons. The Morgan fingerprint density at radius 3 is 3.00 bits per heavy atom. The Morgan fingerprint density at radius 1 is 1.53 bits per heavy atom. The van der Waals surface area contributed by atoms with E-state index >= 15 is 0 Å². The van der Waals surface area contributed by atoms with Gasteiger partial charge in [-0.3, -0.25) is 9.69 Å². The molecule has 0 aromatic carbocycles. The summed E-state index contributed by atoms with van der Waals surface area (Å²) in [6.07, 6.45) is 3.35. The van der Waals surface area contributed by atoms with Gasteiger partial charge in [0, 0.05) is 12.6 Å². The molecule has 6 nitrogen and oxygen atoms in total. The van der Waals surface area contributed by atoms with E-state index < -0.39 is 5.97 Å². The highest BCUT2D eigenvalue weighted by Crippen LogP contribution is 2.22. The molecule has 1 N–H and O–H groups in total. The second kappa shape index (κ2) is 5.27. The van der Waals surface area contributed by atoms with Gasteiger partial charge < -0.3 is 5.11 Å². The third-order valence-corrected chi connectivity index (χ3v) is 3.26. The third-order valence-electron chi connectivity index (χ3n) is 3.26. The molecule has 1 fully saturated rings. The average molecular weight is 239 g/mol. The van der Waals surface area contributed by atoms with Crippen LogP contribution in [0.2, 0.25) is 0 Å². The lowest BCUT2D eigenvalue weighted by Gasteiger charge is -2.34. The van der Waals surface area contributed by atoms with Gasteiger partial charge >= 0.3 is 5.97 Å². The summed E-state index contributed by atoms with van der Waals surface area (Å²) in [5.74, 6) is -0.739. The Morgan fingerprint density at radius 2 is 2.35 bits per heavy atom. The van der Waals surface area contributed by atoms with Gasteiger partial charge in [-0.1, -0.05) is 16.7 Å². The van der Waals surface area contributed by atoms with Crippen LogP contribution in [0, 0.1) is 6.92 Å². The van der Waals surface area contributed by atoms with Gasteiger partial charge in [-0.25, -0.2) is 4.63 Å². The number of hydrogen-bond acceptors (Lipinski definition) is 5. The topological polar surface area (TPSA) is 79.5 Å². The number of piperidine rings is 1. The van der Waals surface area contributed by atoms with Crippen LogP contribution in [0.15, 0.2) is 4.63 Å². The van der Waals surface area contributed by atoms with Crippen LogP contribution in [0.1, 0.15) is 37.1 Å². The summed E-state index contributed by atoms with van der Waals surface area (Å²) in [5, 5.41) is 16.5. The fraction of sp³-hybridized carbons (Fsp3) is 0.727. The molecule has 0 bridgehead atoms. The molecule has 0 aliphatic carbocycles. The van der Waals surface area contributed by atoms with Crippen molar-refractivity contribution < 1.29 is 14.5 Å². The van der Waals surface area contributed by atoms with Crippen molar-refractivity contribution in [3.8, 4) is 0 Å². The summed E-state index contributed by atoms with van der Waals surface area (Å²) in [5.41, 5.74) is 1.59. The molecule has 0 radical (unpaired) electrons. The minimum atomic E-state index is -0.739. The molecular weight excluding hydrogens is 222 g/mol. The molecule has 1 aliphatic heterocycles. The maximum absolute atomic E-state index is 10.8. The largest absolute Gasteiger partial charge is 0.481 e. The second-order valence-electron chi connectivity index (χ2n) is 4.51. The van der Waals surface area contributed by atoms with E-state index in [1.807, 2.05) is 6.92 Å². The molecule has 6 heteroatoms. The number of aromatic nitrogens is 2. The molecule has 0 spiro atoms. The van der Waals surface area contributed by atoms with E-state index in [4.69, 9.17) is 5.11 Å². The standard InChI is InChI=1S/C11H17N3O3/c1-8-10(13-17-12-8)7-14-5-3-2-4-9(14)6-11(15)16/h9H,2-7H2,1H3,(H,15,16). The minimum Gasteiger partial charge on any atom is -0.481 e. The van der Waals surface area contributed by atoms with Crippen LogP contribution < -0.4 is 0 Å². The predicted octanol–water partition coefficient (Wildman–Crippen LogP) is 1.21. The molecule has 2 rings (SSSR count). The maximum Gasteiger partial charge on any atom is 0.304 e. The van der Waals surface area contributed by atoms with Gasteiger partial charge in [-0.05, 0) is 26.3 Å². The van der Waals surface area contributed by atoms with Gasteiger partial charge in [0.2, 0.25) is 0 Å². The first-order chi connectivity index (χ1) is 8.16. The van der Waals surface area contributed by atoms with Gasteiger partial charge in [0.1, 0.15) is 11.4 Å². The number of carboxylic acid groups (broad SMARTS) is 1. The molecule has 1 unspecified atom stereocenters. The lowest BCUT2D eigenvalue weighted by Crippen LogP contribution is -2.40. The van der Waals surface area contributed by atoms with Crippen molar-refractivity contribution in [2.24, 2.45) is 0 Å². The smallest absolute Gasteiger partial charge is 0.304 e. The summed E-state index contributed by atoms with van der Waals surface area (Å²) in [7, 11) is 0. The predicted molar refractivity (Wildman–Crippen MR) is 59.3 cm³/mol. The van der Waals surface area contributed by atoms with Crippen LogP contribution in [-0.4, -0.2) is 38.9 Å². The van der Waals surface area contributed by atoms with Gasteiger partial charge in [-0.15, -0.1) is 0 Å². The number of aliphatic carboxylic acids is 1. The van der Waals surface area contributed by atoms with Crippen LogP contribution in [-0.2, 0) is 11.3 Å². The van der Waals surface area contributed by atoms with Crippen molar-refractivity contribution in [2.75, 3.05) is 6.54 Å². The molecule has 0 saturated carbocycles. The van der Waals surface area contributed by atoms with E-state index in [-0.39, 0.29) is 12.5 Å². The first-order valence-corrected chi connectivity index (χ1v) is 5.90. The summed E-state index contributed by atoms with van der Waals surface area (Å²) >= 11 is 0. The number of carboxylic acids is 1. The quantitative estimate of drug-likeness (QED) is 0.850. The molecule has 17 heavy (non-hydrogen) atoms. The highest BCUT2D eigenvalue weighted by Gasteiger charge is 2.25. The summed E-state index contributed by atoms with van der Waals surface area (Å²) < 4.78 is 4.66. The van der Waals surface area contributed by atoms with Crippen molar-refractivity contribution in [3.05, 3.63) is 11.4 Å². The first kappa shape index (κ1) is 12.0. The molecule has 0 amide bonds. The van der Waals surface area contributed by atoms with Crippen molar-refractivity contribution in [3.63, 3.8) is 0 Å². The van der Waals surface area contributed by atoms with Crippen LogP contribution in [0.25, 0.3) is 0 Å². The number of aryl methyl sites for hydroxylation is 1. The Hall–Kier alpha value is -1.43. The van der Waals surface area contributed by atoms with Crippen LogP contribution in [0.3, 0.4) is 0 Å². The fourth-order valence-corrected chi connectivity index (χ4v) is 2.29. The van der Waals surface area contributed by atoms with E-state index in [2.05, 4.69) is 19.8 Å². The number of carbonyl (C=O) groups is 1. The van der Waals surface area contributed by atoms with Crippen LogP contribution >= 0.6 is 0 Å². The Bertz CT molecular complexity index is 391. The van der Waals surface area contributed by atoms with E-state index in [9.17, 15) is 4.79 Å². The van der Waals surface area contributed by atoms with Crippen LogP contribution in [0.4, 0.5) is 0 Å². The molecule has 1 aromatic rings. The summed E-state index contributed by atoms with van der Waals surface area (Å²) in [6.45, 7) is 3.40. The lowest BCUT2D eigenvalue weighted by atomic mass is 9.99.